The van der Waals surface area contributed by atoms with Crippen molar-refractivity contribution in [2.24, 2.45) is 0 Å². The molecule has 0 amide bonds. The quantitative estimate of drug-likeness (QED) is 0.620. The summed E-state index contributed by atoms with van der Waals surface area (Å²) in [4.78, 5) is 0. The molecule has 1 unspecified atom stereocenters. The Hall–Kier alpha value is -0.360. The summed E-state index contributed by atoms with van der Waals surface area (Å²) in [5.74, 6) is 0. The third-order valence-electron chi connectivity index (χ3n) is 2.69. The van der Waals surface area contributed by atoms with Gasteiger partial charge in [-0.15, -0.1) is 3.94 Å². The van der Waals surface area contributed by atoms with E-state index in [9.17, 15) is 0 Å². The topological polar surface area (TPSA) is 46.9 Å². The lowest BCUT2D eigenvalue weighted by Gasteiger charge is -2.32. The van der Waals surface area contributed by atoms with Crippen molar-refractivity contribution in [3.63, 3.8) is 0 Å². The van der Waals surface area contributed by atoms with Crippen LogP contribution in [0.5, 0.6) is 0 Å². The van der Waals surface area contributed by atoms with Crippen LogP contribution in [0.2, 0.25) is 0 Å². The lowest BCUT2D eigenvalue weighted by atomic mass is 9.94. The first kappa shape index (κ1) is 14.7. The van der Waals surface area contributed by atoms with E-state index in [0.29, 0.717) is 6.42 Å². The van der Waals surface area contributed by atoms with E-state index in [-0.39, 0.29) is 11.8 Å². The van der Waals surface area contributed by atoms with Gasteiger partial charge in [0.15, 0.2) is 0 Å². The summed E-state index contributed by atoms with van der Waals surface area (Å²) < 4.78 is 0.968. The van der Waals surface area contributed by atoms with Gasteiger partial charge in [-0.1, -0.05) is 35.6 Å². The number of hydroxylamine groups is 2. The SMILES string of the molecule is CC(CCc1ccccc1)(CN(O)O)N(Cl)Cl. The lowest BCUT2D eigenvalue weighted by molar-refractivity contribution is -0.315. The van der Waals surface area contributed by atoms with Gasteiger partial charge in [0, 0.05) is 0 Å². The van der Waals surface area contributed by atoms with Crippen molar-refractivity contribution in [3.8, 4) is 0 Å². The van der Waals surface area contributed by atoms with Gasteiger partial charge < -0.3 is 0 Å². The molecule has 0 radical (unpaired) electrons. The van der Waals surface area contributed by atoms with Gasteiger partial charge in [-0.25, -0.2) is 0 Å². The number of halogens is 2. The van der Waals surface area contributed by atoms with Crippen LogP contribution in [0, 0.1) is 0 Å². The van der Waals surface area contributed by atoms with E-state index in [4.69, 9.17) is 34.0 Å². The zero-order valence-electron chi connectivity index (χ0n) is 9.55. The predicted octanol–water partition coefficient (Wildman–Crippen LogP) is 3.07. The fraction of sp³-hybridized carbons (Fsp3) is 0.455. The molecule has 1 aromatic carbocycles. The van der Waals surface area contributed by atoms with Gasteiger partial charge in [0.05, 0.1) is 12.1 Å². The molecule has 0 fully saturated rings. The van der Waals surface area contributed by atoms with E-state index in [1.54, 1.807) is 6.92 Å². The van der Waals surface area contributed by atoms with Crippen molar-refractivity contribution in [2.45, 2.75) is 25.3 Å². The van der Waals surface area contributed by atoms with Crippen LogP contribution in [-0.2, 0) is 6.42 Å². The summed E-state index contributed by atoms with van der Waals surface area (Å²) in [5.41, 5.74) is 0.416. The Morgan fingerprint density at radius 1 is 1.18 bits per heavy atom. The molecule has 1 aromatic rings. The Labute approximate surface area is 111 Å². The monoisotopic (exact) mass is 278 g/mol. The summed E-state index contributed by atoms with van der Waals surface area (Å²) in [6, 6.07) is 9.86. The molecule has 0 heterocycles. The molecule has 0 aliphatic rings. The van der Waals surface area contributed by atoms with E-state index in [2.05, 4.69) is 0 Å². The average Bonchev–Trinajstić information content (AvgIpc) is 2.27. The first-order valence-corrected chi connectivity index (χ1v) is 5.93. The first-order chi connectivity index (χ1) is 7.94. The lowest BCUT2D eigenvalue weighted by Crippen LogP contribution is -2.45. The molecular weight excluding hydrogens is 263 g/mol. The van der Waals surface area contributed by atoms with E-state index in [1.807, 2.05) is 30.3 Å². The average molecular weight is 279 g/mol. The number of benzene rings is 1. The van der Waals surface area contributed by atoms with Gasteiger partial charge in [0.2, 0.25) is 0 Å². The molecule has 0 aromatic heterocycles. The molecule has 1 rings (SSSR count). The summed E-state index contributed by atoms with van der Waals surface area (Å²) >= 11 is 11.5. The zero-order valence-corrected chi connectivity index (χ0v) is 11.1. The summed E-state index contributed by atoms with van der Waals surface area (Å²) in [6.45, 7) is 1.70. The Morgan fingerprint density at radius 3 is 2.24 bits per heavy atom. The minimum absolute atomic E-state index is 0.0627. The maximum absolute atomic E-state index is 8.88. The second kappa shape index (κ2) is 6.54. The van der Waals surface area contributed by atoms with Crippen molar-refractivity contribution in [3.05, 3.63) is 35.9 Å². The highest BCUT2D eigenvalue weighted by Gasteiger charge is 2.32. The Kier molecular flexibility index (Phi) is 5.66. The second-order valence-corrected chi connectivity index (χ2v) is 5.10. The van der Waals surface area contributed by atoms with Crippen LogP contribution in [0.1, 0.15) is 18.9 Å². The van der Waals surface area contributed by atoms with E-state index in [1.165, 1.54) is 0 Å². The van der Waals surface area contributed by atoms with E-state index in [0.717, 1.165) is 15.9 Å². The summed E-state index contributed by atoms with van der Waals surface area (Å²) in [7, 11) is 0. The van der Waals surface area contributed by atoms with Crippen LogP contribution >= 0.6 is 23.6 Å². The smallest absolute Gasteiger partial charge is 0.0721 e. The van der Waals surface area contributed by atoms with Crippen LogP contribution in [0.3, 0.4) is 0 Å². The van der Waals surface area contributed by atoms with E-state index < -0.39 is 5.54 Å². The minimum Gasteiger partial charge on any atom is -0.290 e. The highest BCUT2D eigenvalue weighted by Crippen LogP contribution is 2.26. The van der Waals surface area contributed by atoms with Crippen molar-refractivity contribution in [1.82, 2.24) is 9.16 Å². The van der Waals surface area contributed by atoms with Crippen molar-refractivity contribution in [1.29, 1.82) is 0 Å². The molecule has 4 nitrogen and oxygen atoms in total. The number of rotatable bonds is 6. The minimum atomic E-state index is -0.734. The maximum atomic E-state index is 8.88. The van der Waals surface area contributed by atoms with Crippen molar-refractivity contribution >= 4 is 23.6 Å². The maximum Gasteiger partial charge on any atom is 0.0721 e. The van der Waals surface area contributed by atoms with Crippen LogP contribution in [-0.4, -0.2) is 31.7 Å². The Bertz CT molecular complexity index is 336. The fourth-order valence-corrected chi connectivity index (χ4v) is 1.86. The Morgan fingerprint density at radius 2 is 1.76 bits per heavy atom. The molecular formula is C11H16Cl2N2O2. The molecule has 17 heavy (non-hydrogen) atoms. The molecule has 0 saturated heterocycles. The third-order valence-corrected chi connectivity index (χ3v) is 3.50. The summed E-state index contributed by atoms with van der Waals surface area (Å²) in [5, 5.41) is 17.9. The number of nitrogens with zero attached hydrogens (tertiary/aromatic N) is 2. The predicted molar refractivity (Wildman–Crippen MR) is 67.0 cm³/mol. The van der Waals surface area contributed by atoms with Gasteiger partial charge in [-0.05, 0) is 48.9 Å². The summed E-state index contributed by atoms with van der Waals surface area (Å²) in [6.07, 6.45) is 1.35. The molecule has 0 saturated carbocycles. The molecule has 0 spiro atoms. The first-order valence-electron chi connectivity index (χ1n) is 5.25. The fourth-order valence-electron chi connectivity index (χ4n) is 1.58. The highest BCUT2D eigenvalue weighted by molar-refractivity contribution is 6.34. The van der Waals surface area contributed by atoms with Crippen LogP contribution in [0.4, 0.5) is 0 Å². The standard InChI is InChI=1S/C11H16Cl2N2O2/c1-11(15(12)13,9-14(16)17)8-7-10-5-3-2-4-6-10/h2-6,16-17H,7-9H2,1H3. The van der Waals surface area contributed by atoms with Gasteiger partial charge in [-0.3, -0.25) is 10.4 Å². The van der Waals surface area contributed by atoms with Crippen molar-refractivity contribution < 1.29 is 10.4 Å². The molecule has 2 N–H and O–H groups in total. The Balaban J connectivity index is 2.62. The molecule has 6 heteroatoms. The van der Waals surface area contributed by atoms with Gasteiger partial charge >= 0.3 is 0 Å². The van der Waals surface area contributed by atoms with Crippen LogP contribution < -0.4 is 0 Å². The van der Waals surface area contributed by atoms with Gasteiger partial charge in [0.1, 0.15) is 0 Å². The van der Waals surface area contributed by atoms with Crippen LogP contribution in [0.25, 0.3) is 0 Å². The number of hydrogen-bond acceptors (Lipinski definition) is 4. The third kappa shape index (κ3) is 4.79. The highest BCUT2D eigenvalue weighted by atomic mass is 35.5. The zero-order chi connectivity index (χ0) is 12.9. The van der Waals surface area contributed by atoms with Gasteiger partial charge in [-0.2, -0.15) is 0 Å². The normalized spacial score (nSPS) is 15.2. The number of aryl methyl sites for hydroxylation is 1. The number of hydrogen-bond donors (Lipinski definition) is 2. The largest absolute Gasteiger partial charge is 0.290 e. The van der Waals surface area contributed by atoms with Gasteiger partial charge in [0.25, 0.3) is 0 Å². The van der Waals surface area contributed by atoms with E-state index >= 15 is 0 Å². The molecule has 0 aliphatic carbocycles. The molecule has 0 aliphatic heterocycles. The second-order valence-electron chi connectivity index (χ2n) is 4.25. The van der Waals surface area contributed by atoms with Crippen LogP contribution in [0.15, 0.2) is 30.3 Å². The molecule has 1 atom stereocenters. The molecule has 96 valence electrons. The van der Waals surface area contributed by atoms with Crippen molar-refractivity contribution in [2.75, 3.05) is 6.54 Å². The molecule has 0 bridgehead atoms.